The van der Waals surface area contributed by atoms with Crippen molar-refractivity contribution in [1.82, 2.24) is 19.7 Å². The Morgan fingerprint density at radius 2 is 1.90 bits per heavy atom. The first kappa shape index (κ1) is 17.7. The zero-order valence-electron chi connectivity index (χ0n) is 17.1. The number of aromatic amines is 1. The highest BCUT2D eigenvalue weighted by Gasteiger charge is 2.31. The van der Waals surface area contributed by atoms with Crippen LogP contribution in [-0.2, 0) is 19.4 Å². The fourth-order valence-corrected chi connectivity index (χ4v) is 5.75. The molecule has 4 aliphatic rings. The number of pyridine rings is 1. The van der Waals surface area contributed by atoms with Gasteiger partial charge in [-0.2, -0.15) is 5.10 Å². The van der Waals surface area contributed by atoms with Gasteiger partial charge in [-0.05, 0) is 69.4 Å². The smallest absolute Gasteiger partial charge is 0.253 e. The molecule has 0 radical (unpaired) electrons. The predicted octanol–water partition coefficient (Wildman–Crippen LogP) is 3.82. The van der Waals surface area contributed by atoms with E-state index in [1.54, 1.807) is 0 Å². The van der Waals surface area contributed by atoms with Crippen LogP contribution in [0, 0.1) is 5.92 Å². The van der Waals surface area contributed by atoms with Gasteiger partial charge in [-0.25, -0.2) is 4.68 Å². The lowest BCUT2D eigenvalue weighted by Crippen LogP contribution is -2.46. The lowest BCUT2D eigenvalue weighted by atomic mass is 9.87. The van der Waals surface area contributed by atoms with Gasteiger partial charge in [0.25, 0.3) is 5.56 Å². The van der Waals surface area contributed by atoms with Crippen LogP contribution in [0.25, 0.3) is 16.6 Å². The van der Waals surface area contributed by atoms with E-state index in [2.05, 4.69) is 32.8 Å². The Morgan fingerprint density at radius 3 is 2.62 bits per heavy atom. The van der Waals surface area contributed by atoms with Gasteiger partial charge in [-0.3, -0.25) is 4.79 Å². The molecular formula is C24H30N4O. The zero-order chi connectivity index (χ0) is 19.4. The number of aryl methyl sites for hydroxylation is 1. The molecule has 5 heteroatoms. The van der Waals surface area contributed by atoms with Crippen molar-refractivity contribution in [2.24, 2.45) is 5.92 Å². The molecule has 0 bridgehead atoms. The molecule has 3 heterocycles. The molecule has 1 atom stereocenters. The molecule has 1 N–H and O–H groups in total. The minimum absolute atomic E-state index is 0.109. The van der Waals surface area contributed by atoms with Crippen LogP contribution in [0.1, 0.15) is 61.8 Å². The Bertz CT molecular complexity index is 1070. The van der Waals surface area contributed by atoms with Gasteiger partial charge in [0.1, 0.15) is 11.3 Å². The second-order valence-electron chi connectivity index (χ2n) is 9.44. The first-order valence-corrected chi connectivity index (χ1v) is 11.6. The number of hydrogen-bond acceptors (Lipinski definition) is 3. The first-order chi connectivity index (χ1) is 14.3. The molecule has 1 unspecified atom stereocenters. The fraction of sp³-hybridized carbons (Fsp3) is 0.583. The van der Waals surface area contributed by atoms with E-state index < -0.39 is 0 Å². The van der Waals surface area contributed by atoms with Crippen LogP contribution in [0.5, 0.6) is 0 Å². The summed E-state index contributed by atoms with van der Waals surface area (Å²) in [6.45, 7) is 3.35. The maximum absolute atomic E-state index is 12.8. The monoisotopic (exact) mass is 390 g/mol. The molecule has 0 spiro atoms. The average Bonchev–Trinajstić information content (AvgIpc) is 2.97. The molecule has 6 rings (SSSR count). The van der Waals surface area contributed by atoms with Crippen LogP contribution in [0.4, 0.5) is 0 Å². The lowest BCUT2D eigenvalue weighted by Gasteiger charge is -2.42. The second kappa shape index (κ2) is 6.98. The summed E-state index contributed by atoms with van der Waals surface area (Å²) >= 11 is 0. The van der Waals surface area contributed by atoms with Crippen molar-refractivity contribution in [3.8, 4) is 0 Å². The van der Waals surface area contributed by atoms with Crippen molar-refractivity contribution in [1.29, 1.82) is 0 Å². The van der Waals surface area contributed by atoms with Crippen LogP contribution in [0.2, 0.25) is 0 Å². The normalized spacial score (nSPS) is 24.8. The summed E-state index contributed by atoms with van der Waals surface area (Å²) in [4.78, 5) is 18.8. The van der Waals surface area contributed by atoms with Gasteiger partial charge in [0.05, 0.1) is 0 Å². The van der Waals surface area contributed by atoms with E-state index in [0.717, 1.165) is 48.8 Å². The third-order valence-corrected chi connectivity index (χ3v) is 7.63. The Labute approximate surface area is 171 Å². The number of piperidine rings is 1. The van der Waals surface area contributed by atoms with Crippen molar-refractivity contribution in [2.45, 2.75) is 70.4 Å². The molecule has 1 aliphatic heterocycles. The summed E-state index contributed by atoms with van der Waals surface area (Å²) in [6.07, 6.45) is 17.3. The van der Waals surface area contributed by atoms with Crippen molar-refractivity contribution >= 4 is 16.6 Å². The van der Waals surface area contributed by atoms with E-state index in [1.165, 1.54) is 68.1 Å². The highest BCUT2D eigenvalue weighted by atomic mass is 16.1. The summed E-state index contributed by atoms with van der Waals surface area (Å²) < 4.78 is 2.13. The van der Waals surface area contributed by atoms with E-state index in [9.17, 15) is 4.79 Å². The quantitative estimate of drug-likeness (QED) is 0.863. The van der Waals surface area contributed by atoms with Crippen LogP contribution in [0.15, 0.2) is 23.0 Å². The van der Waals surface area contributed by atoms with E-state index >= 15 is 0 Å². The molecular weight excluding hydrogens is 360 g/mol. The molecule has 2 aromatic rings. The molecule has 2 aromatic heterocycles. The summed E-state index contributed by atoms with van der Waals surface area (Å²) in [6, 6.07) is 0.819. The van der Waals surface area contributed by atoms with Crippen LogP contribution < -0.4 is 5.56 Å². The molecule has 2 fully saturated rings. The summed E-state index contributed by atoms with van der Waals surface area (Å²) in [5.74, 6) is 0.616. The summed E-state index contributed by atoms with van der Waals surface area (Å²) in [5, 5.41) is 6.28. The predicted molar refractivity (Wildman–Crippen MR) is 116 cm³/mol. The summed E-state index contributed by atoms with van der Waals surface area (Å²) in [7, 11) is 0. The number of H-pyrrole nitrogens is 1. The number of fused-ring (bicyclic) bond motifs is 3. The van der Waals surface area contributed by atoms with E-state index in [1.807, 2.05) is 0 Å². The molecule has 1 saturated heterocycles. The second-order valence-corrected chi connectivity index (χ2v) is 9.44. The molecule has 5 nitrogen and oxygen atoms in total. The van der Waals surface area contributed by atoms with Gasteiger partial charge >= 0.3 is 0 Å². The lowest BCUT2D eigenvalue weighted by molar-refractivity contribution is 0.0711. The van der Waals surface area contributed by atoms with Gasteiger partial charge in [0, 0.05) is 35.7 Å². The topological polar surface area (TPSA) is 53.9 Å². The Hall–Kier alpha value is -2.14. The number of likely N-dealkylation sites (tertiary alicyclic amines) is 1. The highest BCUT2D eigenvalue weighted by molar-refractivity contribution is 5.96. The molecule has 1 saturated carbocycles. The Morgan fingerprint density at radius 1 is 1.07 bits per heavy atom. The minimum atomic E-state index is 0.109. The van der Waals surface area contributed by atoms with Gasteiger partial charge < -0.3 is 9.88 Å². The van der Waals surface area contributed by atoms with E-state index in [-0.39, 0.29) is 5.56 Å². The number of aromatic nitrogens is 3. The fourth-order valence-electron chi connectivity index (χ4n) is 5.75. The number of nitrogens with one attached hydrogen (secondary N) is 1. The van der Waals surface area contributed by atoms with Crippen molar-refractivity contribution < 1.29 is 0 Å². The van der Waals surface area contributed by atoms with Crippen molar-refractivity contribution in [3.05, 3.63) is 45.4 Å². The number of hydrogen-bond donors (Lipinski definition) is 1. The summed E-state index contributed by atoms with van der Waals surface area (Å²) in [5.41, 5.74) is 5.60. The van der Waals surface area contributed by atoms with E-state index in [4.69, 9.17) is 5.10 Å². The molecule has 29 heavy (non-hydrogen) atoms. The molecule has 3 aliphatic carbocycles. The number of allylic oxidation sites excluding steroid dienone is 4. The third kappa shape index (κ3) is 2.93. The molecule has 0 aromatic carbocycles. The van der Waals surface area contributed by atoms with Gasteiger partial charge in [0.2, 0.25) is 0 Å². The van der Waals surface area contributed by atoms with Crippen LogP contribution >= 0.6 is 0 Å². The first-order valence-electron chi connectivity index (χ1n) is 11.6. The third-order valence-electron chi connectivity index (χ3n) is 7.63. The molecule has 0 amide bonds. The SMILES string of the molecule is O=c1[nH]c2c(c(C3=CC=C3)nn2CC2CCCN(C3CCC3)C2)c2c1CCCC2. The number of rotatable bonds is 4. The highest BCUT2D eigenvalue weighted by Crippen LogP contribution is 2.35. The average molecular weight is 391 g/mol. The standard InChI is InChI=1S/C24H30N4O/c29-24-20-12-2-1-11-19(20)21-22(17-7-3-8-17)26-28(23(21)25-24)15-16-6-5-13-27(14-16)18-9-4-10-18/h3,7-8,16,18H,1-2,4-6,9-15H2,(H,25,29). The van der Waals surface area contributed by atoms with Gasteiger partial charge in [-0.15, -0.1) is 0 Å². The van der Waals surface area contributed by atoms with Crippen LogP contribution in [-0.4, -0.2) is 38.8 Å². The van der Waals surface area contributed by atoms with Crippen molar-refractivity contribution in [3.63, 3.8) is 0 Å². The largest absolute Gasteiger partial charge is 0.307 e. The van der Waals surface area contributed by atoms with Crippen LogP contribution in [0.3, 0.4) is 0 Å². The Kier molecular flexibility index (Phi) is 4.26. The Balaban J connectivity index is 1.39. The van der Waals surface area contributed by atoms with Gasteiger partial charge in [-0.1, -0.05) is 24.6 Å². The van der Waals surface area contributed by atoms with Gasteiger partial charge in [0.15, 0.2) is 0 Å². The van der Waals surface area contributed by atoms with E-state index in [0.29, 0.717) is 5.92 Å². The minimum Gasteiger partial charge on any atom is -0.307 e. The maximum Gasteiger partial charge on any atom is 0.253 e. The van der Waals surface area contributed by atoms with Crippen molar-refractivity contribution in [2.75, 3.05) is 13.1 Å². The maximum atomic E-state index is 12.8. The zero-order valence-corrected chi connectivity index (χ0v) is 17.1. The molecule has 152 valence electrons. The number of nitrogens with zero attached hydrogens (tertiary/aromatic N) is 3.